The number of imidazole rings is 1. The van der Waals surface area contributed by atoms with Crippen LogP contribution in [0.4, 0.5) is 0 Å². The van der Waals surface area contributed by atoms with Crippen molar-refractivity contribution < 1.29 is 18.3 Å². The van der Waals surface area contributed by atoms with Crippen molar-refractivity contribution in [2.45, 2.75) is 12.8 Å². The number of sulfone groups is 1. The molecule has 1 fully saturated rings. The van der Waals surface area contributed by atoms with E-state index < -0.39 is 15.8 Å². The molecule has 0 spiro atoms. The predicted octanol–water partition coefficient (Wildman–Crippen LogP) is 1.01. The van der Waals surface area contributed by atoms with Gasteiger partial charge in [0.25, 0.3) is 0 Å². The van der Waals surface area contributed by atoms with E-state index in [1.54, 1.807) is 16.7 Å². The molecule has 3 rings (SSSR count). The van der Waals surface area contributed by atoms with E-state index in [1.165, 1.54) is 12.3 Å². The first kappa shape index (κ1) is 13.1. The van der Waals surface area contributed by atoms with Crippen LogP contribution in [0.3, 0.4) is 0 Å². The molecular weight excluding hydrogens is 280 g/mol. The Balaban J connectivity index is 1.84. The van der Waals surface area contributed by atoms with Crippen LogP contribution in [0.2, 0.25) is 0 Å². The Morgan fingerprint density at radius 1 is 1.40 bits per heavy atom. The summed E-state index contributed by atoms with van der Waals surface area (Å²) in [5.74, 6) is -0.386. The molecule has 1 unspecified atom stereocenters. The molecule has 7 heteroatoms. The summed E-state index contributed by atoms with van der Waals surface area (Å²) >= 11 is 0. The highest BCUT2D eigenvalue weighted by Crippen LogP contribution is 2.22. The summed E-state index contributed by atoms with van der Waals surface area (Å²) in [6.07, 6.45) is 4.58. The van der Waals surface area contributed by atoms with Crippen LogP contribution in [-0.4, -0.2) is 40.4 Å². The molecule has 0 aliphatic carbocycles. The van der Waals surface area contributed by atoms with E-state index in [1.807, 2.05) is 0 Å². The fourth-order valence-corrected chi connectivity index (χ4v) is 4.46. The number of aromatic carboxylic acids is 1. The highest BCUT2D eigenvalue weighted by molar-refractivity contribution is 7.91. The van der Waals surface area contributed by atoms with Gasteiger partial charge in [-0.05, 0) is 30.9 Å². The summed E-state index contributed by atoms with van der Waals surface area (Å²) in [4.78, 5) is 15.3. The number of aromatic nitrogens is 2. The van der Waals surface area contributed by atoms with E-state index in [9.17, 15) is 13.2 Å². The highest BCUT2D eigenvalue weighted by atomic mass is 32.2. The second-order valence-corrected chi connectivity index (χ2v) is 7.42. The first-order chi connectivity index (χ1) is 9.43. The smallest absolute Gasteiger partial charge is 0.337 e. The lowest BCUT2D eigenvalue weighted by Crippen LogP contribution is -2.07. The minimum Gasteiger partial charge on any atom is -0.478 e. The molecule has 0 saturated carbocycles. The standard InChI is InChI=1S/C13H14N2O4S/c16-13(17)10-1-2-12-14-11(7-15(12)6-10)5-9-3-4-20(18,19)8-9/h1-2,6-7,9H,3-5,8H2,(H,16,17). The fourth-order valence-electron chi connectivity index (χ4n) is 2.60. The molecule has 1 aliphatic rings. The summed E-state index contributed by atoms with van der Waals surface area (Å²) < 4.78 is 24.5. The highest BCUT2D eigenvalue weighted by Gasteiger charge is 2.28. The topological polar surface area (TPSA) is 88.7 Å². The third kappa shape index (κ3) is 2.53. The molecule has 2 aromatic rings. The summed E-state index contributed by atoms with van der Waals surface area (Å²) in [6, 6.07) is 3.16. The van der Waals surface area contributed by atoms with E-state index in [0.29, 0.717) is 18.5 Å². The van der Waals surface area contributed by atoms with Gasteiger partial charge in [-0.3, -0.25) is 0 Å². The first-order valence-corrected chi connectivity index (χ1v) is 8.16. The Morgan fingerprint density at radius 3 is 2.85 bits per heavy atom. The average molecular weight is 294 g/mol. The third-order valence-electron chi connectivity index (χ3n) is 3.57. The fraction of sp³-hybridized carbons (Fsp3) is 0.385. The molecule has 6 nitrogen and oxygen atoms in total. The van der Waals surface area contributed by atoms with Crippen molar-refractivity contribution in [1.82, 2.24) is 9.38 Å². The average Bonchev–Trinajstić information content (AvgIpc) is 2.91. The summed E-state index contributed by atoms with van der Waals surface area (Å²) in [6.45, 7) is 0. The van der Waals surface area contributed by atoms with Crippen LogP contribution in [0.1, 0.15) is 22.5 Å². The second kappa shape index (κ2) is 4.59. The first-order valence-electron chi connectivity index (χ1n) is 6.34. The van der Waals surface area contributed by atoms with Gasteiger partial charge in [-0.15, -0.1) is 0 Å². The molecule has 2 aromatic heterocycles. The number of nitrogens with zero attached hydrogens (tertiary/aromatic N) is 2. The molecule has 3 heterocycles. The summed E-state index contributed by atoms with van der Waals surface area (Å²) in [5.41, 5.74) is 1.67. The van der Waals surface area contributed by atoms with E-state index in [4.69, 9.17) is 5.11 Å². The normalized spacial score (nSPS) is 21.3. The zero-order valence-electron chi connectivity index (χ0n) is 10.7. The number of hydrogen-bond acceptors (Lipinski definition) is 4. The van der Waals surface area contributed by atoms with E-state index in [-0.39, 0.29) is 23.0 Å². The van der Waals surface area contributed by atoms with Crippen LogP contribution in [0.5, 0.6) is 0 Å². The second-order valence-electron chi connectivity index (χ2n) is 5.19. The molecule has 1 atom stereocenters. The number of carboxylic acid groups (broad SMARTS) is 1. The van der Waals surface area contributed by atoms with Gasteiger partial charge in [0.2, 0.25) is 0 Å². The van der Waals surface area contributed by atoms with Crippen LogP contribution in [0, 0.1) is 5.92 Å². The van der Waals surface area contributed by atoms with Gasteiger partial charge < -0.3 is 9.51 Å². The predicted molar refractivity (Wildman–Crippen MR) is 72.6 cm³/mol. The van der Waals surface area contributed by atoms with Crippen molar-refractivity contribution in [2.24, 2.45) is 5.92 Å². The van der Waals surface area contributed by atoms with E-state index in [0.717, 1.165) is 5.69 Å². The van der Waals surface area contributed by atoms with Gasteiger partial charge in [0.1, 0.15) is 5.65 Å². The summed E-state index contributed by atoms with van der Waals surface area (Å²) in [5, 5.41) is 8.94. The van der Waals surface area contributed by atoms with Gasteiger partial charge in [0.05, 0.1) is 22.8 Å². The lowest BCUT2D eigenvalue weighted by atomic mass is 10.0. The molecule has 1 N–H and O–H groups in total. The number of carbonyl (C=O) groups is 1. The largest absolute Gasteiger partial charge is 0.478 e. The maximum Gasteiger partial charge on any atom is 0.337 e. The minimum atomic E-state index is -2.88. The van der Waals surface area contributed by atoms with E-state index in [2.05, 4.69) is 4.98 Å². The van der Waals surface area contributed by atoms with E-state index >= 15 is 0 Å². The number of pyridine rings is 1. The Hall–Kier alpha value is -1.89. The maximum atomic E-state index is 11.4. The van der Waals surface area contributed by atoms with Gasteiger partial charge >= 0.3 is 5.97 Å². The molecule has 0 radical (unpaired) electrons. The van der Waals surface area contributed by atoms with Crippen LogP contribution in [0.15, 0.2) is 24.5 Å². The van der Waals surface area contributed by atoms with Gasteiger partial charge in [0.15, 0.2) is 9.84 Å². The quantitative estimate of drug-likeness (QED) is 0.912. The van der Waals surface area contributed by atoms with Gasteiger partial charge in [-0.25, -0.2) is 18.2 Å². The van der Waals surface area contributed by atoms with Crippen molar-refractivity contribution in [2.75, 3.05) is 11.5 Å². The van der Waals surface area contributed by atoms with Crippen molar-refractivity contribution in [3.05, 3.63) is 35.8 Å². The zero-order valence-corrected chi connectivity index (χ0v) is 11.5. The third-order valence-corrected chi connectivity index (χ3v) is 5.41. The number of fused-ring (bicyclic) bond motifs is 1. The lowest BCUT2D eigenvalue weighted by molar-refractivity contribution is 0.0696. The minimum absolute atomic E-state index is 0.115. The van der Waals surface area contributed by atoms with Crippen LogP contribution < -0.4 is 0 Å². The molecule has 0 aromatic carbocycles. The molecule has 1 aliphatic heterocycles. The van der Waals surface area contributed by atoms with Crippen LogP contribution in [0.25, 0.3) is 5.65 Å². The monoisotopic (exact) mass is 294 g/mol. The SMILES string of the molecule is O=C(O)c1ccc2nc(CC3CCS(=O)(=O)C3)cn2c1. The lowest BCUT2D eigenvalue weighted by Gasteiger charge is -2.03. The number of rotatable bonds is 3. The molecule has 0 amide bonds. The van der Waals surface area contributed by atoms with Crippen LogP contribution in [-0.2, 0) is 16.3 Å². The van der Waals surface area contributed by atoms with Crippen molar-refractivity contribution in [3.63, 3.8) is 0 Å². The summed E-state index contributed by atoms with van der Waals surface area (Å²) in [7, 11) is -2.88. The maximum absolute atomic E-state index is 11.4. The van der Waals surface area contributed by atoms with Crippen molar-refractivity contribution >= 4 is 21.5 Å². The Morgan fingerprint density at radius 2 is 2.20 bits per heavy atom. The molecule has 20 heavy (non-hydrogen) atoms. The molecule has 0 bridgehead atoms. The van der Waals surface area contributed by atoms with Gasteiger partial charge in [0, 0.05) is 12.4 Å². The molecule has 1 saturated heterocycles. The zero-order chi connectivity index (χ0) is 14.3. The van der Waals surface area contributed by atoms with Gasteiger partial charge in [-0.1, -0.05) is 0 Å². The number of hydrogen-bond donors (Lipinski definition) is 1. The van der Waals surface area contributed by atoms with Crippen LogP contribution >= 0.6 is 0 Å². The number of carboxylic acids is 1. The van der Waals surface area contributed by atoms with Crippen molar-refractivity contribution in [3.8, 4) is 0 Å². The molecule has 106 valence electrons. The van der Waals surface area contributed by atoms with Gasteiger partial charge in [-0.2, -0.15) is 0 Å². The molecular formula is C13H14N2O4S. The Labute approximate surface area is 116 Å². The Kier molecular flexibility index (Phi) is 3.01. The Bertz CT molecular complexity index is 779. The van der Waals surface area contributed by atoms with Crippen molar-refractivity contribution in [1.29, 1.82) is 0 Å².